The fourth-order valence-corrected chi connectivity index (χ4v) is 5.35. The summed E-state index contributed by atoms with van der Waals surface area (Å²) in [6.45, 7) is 7.67. The van der Waals surface area contributed by atoms with Crippen LogP contribution in [-0.2, 0) is 19.1 Å². The number of nitrogens with zero attached hydrogens (tertiary/aromatic N) is 1. The number of carbonyl (C=O) groups excluding carboxylic acids is 2. The summed E-state index contributed by atoms with van der Waals surface area (Å²) in [6, 6.07) is 0. The van der Waals surface area contributed by atoms with E-state index in [0.29, 0.717) is 6.42 Å². The number of hydrogen-bond donors (Lipinski definition) is 0. The Morgan fingerprint density at radius 3 is 1.49 bits per heavy atom. The smallest absolute Gasteiger partial charge is 0.308 e. The summed E-state index contributed by atoms with van der Waals surface area (Å²) >= 11 is 0. The van der Waals surface area contributed by atoms with E-state index in [0.717, 1.165) is 51.5 Å². The maximum absolute atomic E-state index is 12.7. The van der Waals surface area contributed by atoms with Crippen LogP contribution in [0.3, 0.4) is 0 Å². The molecule has 2 unspecified atom stereocenters. The zero-order chi connectivity index (χ0) is 30.4. The van der Waals surface area contributed by atoms with Gasteiger partial charge in [-0.25, -0.2) is 0 Å². The molecule has 0 spiro atoms. The van der Waals surface area contributed by atoms with Gasteiger partial charge in [0.15, 0.2) is 0 Å². The summed E-state index contributed by atoms with van der Waals surface area (Å²) < 4.78 is 11.5. The molecule has 0 heterocycles. The molecular formula is C36H71NO4. The first kappa shape index (κ1) is 39.9. The van der Waals surface area contributed by atoms with Crippen molar-refractivity contribution in [1.29, 1.82) is 0 Å². The Balaban J connectivity index is 4.24. The van der Waals surface area contributed by atoms with Crippen LogP contribution >= 0.6 is 0 Å². The second-order valence-corrected chi connectivity index (χ2v) is 12.8. The van der Waals surface area contributed by atoms with Crippen LogP contribution < -0.4 is 0 Å². The van der Waals surface area contributed by atoms with Gasteiger partial charge in [0.1, 0.15) is 12.7 Å². The third-order valence-corrected chi connectivity index (χ3v) is 8.22. The molecule has 0 N–H and O–H groups in total. The van der Waals surface area contributed by atoms with Crippen molar-refractivity contribution in [3.05, 3.63) is 0 Å². The van der Waals surface area contributed by atoms with E-state index in [1.807, 2.05) is 21.0 Å². The molecule has 0 aliphatic heterocycles. The first-order valence-corrected chi connectivity index (χ1v) is 17.9. The molecule has 0 aromatic heterocycles. The summed E-state index contributed by atoms with van der Waals surface area (Å²) in [5.41, 5.74) is 0. The van der Waals surface area contributed by atoms with Crippen LogP contribution in [0.4, 0.5) is 0 Å². The first-order chi connectivity index (χ1) is 19.9. The molecule has 5 heteroatoms. The van der Waals surface area contributed by atoms with E-state index >= 15 is 0 Å². The van der Waals surface area contributed by atoms with E-state index in [2.05, 4.69) is 18.7 Å². The topological polar surface area (TPSA) is 55.8 Å². The molecule has 0 fully saturated rings. The maximum atomic E-state index is 12.7. The van der Waals surface area contributed by atoms with E-state index < -0.39 is 0 Å². The van der Waals surface area contributed by atoms with Crippen LogP contribution in [-0.4, -0.2) is 50.2 Å². The highest BCUT2D eigenvalue weighted by Crippen LogP contribution is 2.17. The molecule has 0 aromatic rings. The van der Waals surface area contributed by atoms with Gasteiger partial charge < -0.3 is 14.4 Å². The summed E-state index contributed by atoms with van der Waals surface area (Å²) in [6.07, 6.45) is 29.3. The largest absolute Gasteiger partial charge is 0.462 e. The molecule has 0 aromatic carbocycles. The molecular weight excluding hydrogens is 510 g/mol. The number of carbonyl (C=O) groups is 2. The van der Waals surface area contributed by atoms with Gasteiger partial charge in [0.25, 0.3) is 0 Å². The molecule has 244 valence electrons. The SMILES string of the molecule is CCCCCCCCCCCCCC(C)C(=O)OCC(CCCCCCCCCCC)OC(=O)CCCCN(C)C. The average Bonchev–Trinajstić information content (AvgIpc) is 2.95. The lowest BCUT2D eigenvalue weighted by Gasteiger charge is -2.19. The van der Waals surface area contributed by atoms with Gasteiger partial charge in [0.2, 0.25) is 0 Å². The second-order valence-electron chi connectivity index (χ2n) is 12.8. The van der Waals surface area contributed by atoms with Gasteiger partial charge in [-0.3, -0.25) is 9.59 Å². The van der Waals surface area contributed by atoms with Crippen molar-refractivity contribution >= 4 is 11.9 Å². The Morgan fingerprint density at radius 1 is 0.585 bits per heavy atom. The Hall–Kier alpha value is -1.10. The standard InChI is InChI=1S/C36H71NO4/c1-6-8-10-12-14-16-17-19-20-22-24-28-33(3)36(39)40-32-34(41-35(38)30-26-27-31-37(4)5)29-25-23-21-18-15-13-11-9-7-2/h33-34H,6-32H2,1-5H3. The number of hydrogen-bond acceptors (Lipinski definition) is 5. The van der Waals surface area contributed by atoms with Crippen molar-refractivity contribution in [3.8, 4) is 0 Å². The minimum atomic E-state index is -0.320. The van der Waals surface area contributed by atoms with Gasteiger partial charge in [-0.1, -0.05) is 143 Å². The lowest BCUT2D eigenvalue weighted by molar-refractivity contribution is -0.161. The van der Waals surface area contributed by atoms with Crippen LogP contribution in [0.2, 0.25) is 0 Å². The van der Waals surface area contributed by atoms with Crippen LogP contribution in [0.25, 0.3) is 0 Å². The van der Waals surface area contributed by atoms with Gasteiger partial charge in [-0.2, -0.15) is 0 Å². The summed E-state index contributed by atoms with van der Waals surface area (Å²) in [7, 11) is 4.10. The summed E-state index contributed by atoms with van der Waals surface area (Å²) in [5, 5.41) is 0. The predicted octanol–water partition coefficient (Wildman–Crippen LogP) is 10.4. The highest BCUT2D eigenvalue weighted by Gasteiger charge is 2.20. The van der Waals surface area contributed by atoms with Gasteiger partial charge >= 0.3 is 11.9 Å². The molecule has 5 nitrogen and oxygen atoms in total. The van der Waals surface area contributed by atoms with E-state index in [-0.39, 0.29) is 30.6 Å². The highest BCUT2D eigenvalue weighted by atomic mass is 16.6. The summed E-state index contributed by atoms with van der Waals surface area (Å²) in [4.78, 5) is 27.3. The Morgan fingerprint density at radius 2 is 1.02 bits per heavy atom. The molecule has 0 bridgehead atoms. The maximum Gasteiger partial charge on any atom is 0.308 e. The zero-order valence-corrected chi connectivity index (χ0v) is 28.3. The van der Waals surface area contributed by atoms with Crippen LogP contribution in [0.1, 0.15) is 181 Å². The van der Waals surface area contributed by atoms with Crippen LogP contribution in [0.15, 0.2) is 0 Å². The molecule has 2 atom stereocenters. The van der Waals surface area contributed by atoms with Gasteiger partial charge in [-0.15, -0.1) is 0 Å². The molecule has 0 saturated heterocycles. The van der Waals surface area contributed by atoms with Crippen LogP contribution in [0.5, 0.6) is 0 Å². The minimum absolute atomic E-state index is 0.0938. The molecule has 0 aliphatic rings. The van der Waals surface area contributed by atoms with Crippen molar-refractivity contribution in [2.75, 3.05) is 27.2 Å². The average molecular weight is 582 g/mol. The Labute approximate surface area is 256 Å². The lowest BCUT2D eigenvalue weighted by Crippen LogP contribution is -2.27. The van der Waals surface area contributed by atoms with Crippen molar-refractivity contribution in [2.24, 2.45) is 5.92 Å². The Bertz CT molecular complexity index is 580. The molecule has 41 heavy (non-hydrogen) atoms. The predicted molar refractivity (Wildman–Crippen MR) is 175 cm³/mol. The number of unbranched alkanes of at least 4 members (excludes halogenated alkanes) is 19. The normalized spacial score (nSPS) is 12.9. The minimum Gasteiger partial charge on any atom is -0.462 e. The number of ether oxygens (including phenoxy) is 2. The van der Waals surface area contributed by atoms with Gasteiger partial charge in [0, 0.05) is 6.42 Å². The highest BCUT2D eigenvalue weighted by molar-refractivity contribution is 5.72. The molecule has 0 amide bonds. The van der Waals surface area contributed by atoms with E-state index in [9.17, 15) is 9.59 Å². The zero-order valence-electron chi connectivity index (χ0n) is 28.3. The van der Waals surface area contributed by atoms with Crippen molar-refractivity contribution in [3.63, 3.8) is 0 Å². The van der Waals surface area contributed by atoms with Crippen molar-refractivity contribution in [1.82, 2.24) is 4.90 Å². The number of rotatable bonds is 31. The fraction of sp³-hybridized carbons (Fsp3) is 0.944. The van der Waals surface area contributed by atoms with Crippen molar-refractivity contribution < 1.29 is 19.1 Å². The molecule has 0 aliphatic carbocycles. The van der Waals surface area contributed by atoms with E-state index in [4.69, 9.17) is 9.47 Å². The van der Waals surface area contributed by atoms with E-state index in [1.54, 1.807) is 0 Å². The third kappa shape index (κ3) is 28.8. The van der Waals surface area contributed by atoms with Gasteiger partial charge in [-0.05, 0) is 52.7 Å². The fourth-order valence-electron chi connectivity index (χ4n) is 5.35. The number of esters is 2. The molecule has 0 rings (SSSR count). The quantitative estimate of drug-likeness (QED) is 0.0602. The lowest BCUT2D eigenvalue weighted by atomic mass is 10.0. The van der Waals surface area contributed by atoms with Gasteiger partial charge in [0.05, 0.1) is 5.92 Å². The van der Waals surface area contributed by atoms with Crippen molar-refractivity contribution in [2.45, 2.75) is 187 Å². The summed E-state index contributed by atoms with van der Waals surface area (Å²) in [5.74, 6) is -0.394. The van der Waals surface area contributed by atoms with Crippen LogP contribution in [0, 0.1) is 5.92 Å². The second kappa shape index (κ2) is 30.4. The molecule has 0 saturated carbocycles. The Kier molecular flexibility index (Phi) is 29.5. The molecule has 0 radical (unpaired) electrons. The monoisotopic (exact) mass is 582 g/mol. The third-order valence-electron chi connectivity index (χ3n) is 8.22. The first-order valence-electron chi connectivity index (χ1n) is 17.9. The van der Waals surface area contributed by atoms with E-state index in [1.165, 1.54) is 109 Å².